The summed E-state index contributed by atoms with van der Waals surface area (Å²) in [4.78, 5) is 22.5. The average Bonchev–Trinajstić information content (AvgIpc) is 3.22. The van der Waals surface area contributed by atoms with Crippen LogP contribution in [-0.2, 0) is 17.8 Å². The molecule has 1 aromatic carbocycles. The van der Waals surface area contributed by atoms with E-state index in [1.165, 1.54) is 31.5 Å². The number of aromatic nitrogens is 1. The minimum absolute atomic E-state index is 0.136. The van der Waals surface area contributed by atoms with E-state index in [2.05, 4.69) is 47.2 Å². The second-order valence-corrected chi connectivity index (χ2v) is 10.3. The molecular formula is C28H42N4O2. The summed E-state index contributed by atoms with van der Waals surface area (Å²) in [7, 11) is 0. The van der Waals surface area contributed by atoms with Gasteiger partial charge in [0.2, 0.25) is 11.8 Å². The van der Waals surface area contributed by atoms with Crippen molar-refractivity contribution < 1.29 is 9.21 Å². The number of carbonyl (C=O) groups is 1. The van der Waals surface area contributed by atoms with Gasteiger partial charge in [-0.1, -0.05) is 32.0 Å². The van der Waals surface area contributed by atoms with E-state index in [-0.39, 0.29) is 11.8 Å². The van der Waals surface area contributed by atoms with Crippen LogP contribution in [0.5, 0.6) is 0 Å². The summed E-state index contributed by atoms with van der Waals surface area (Å²) >= 11 is 0. The zero-order chi connectivity index (χ0) is 23.9. The van der Waals surface area contributed by atoms with E-state index >= 15 is 0 Å². The number of hydrogen-bond acceptors (Lipinski definition) is 5. The van der Waals surface area contributed by atoms with Gasteiger partial charge < -0.3 is 14.6 Å². The first kappa shape index (κ1) is 24.9. The maximum atomic E-state index is 12.7. The lowest BCUT2D eigenvalue weighted by Gasteiger charge is -2.31. The smallest absolute Gasteiger partial charge is 0.226 e. The molecule has 0 bridgehead atoms. The highest BCUT2D eigenvalue weighted by molar-refractivity contribution is 5.78. The van der Waals surface area contributed by atoms with Crippen LogP contribution < -0.4 is 5.32 Å². The van der Waals surface area contributed by atoms with Crippen molar-refractivity contribution in [3.05, 3.63) is 41.3 Å². The Morgan fingerprint density at radius 2 is 1.94 bits per heavy atom. The summed E-state index contributed by atoms with van der Waals surface area (Å²) in [5.74, 6) is 2.80. The van der Waals surface area contributed by atoms with E-state index < -0.39 is 0 Å². The molecule has 1 amide bonds. The molecule has 0 spiro atoms. The van der Waals surface area contributed by atoms with Gasteiger partial charge in [0.1, 0.15) is 5.76 Å². The zero-order valence-corrected chi connectivity index (χ0v) is 21.3. The van der Waals surface area contributed by atoms with Crippen LogP contribution in [0.4, 0.5) is 0 Å². The Bertz CT molecular complexity index is 932. The molecule has 2 fully saturated rings. The number of likely N-dealkylation sites (tertiary alicyclic amines) is 2. The van der Waals surface area contributed by atoms with Gasteiger partial charge in [-0.25, -0.2) is 4.98 Å². The number of carbonyl (C=O) groups excluding carboxylic acids is 1. The molecule has 2 aliphatic heterocycles. The van der Waals surface area contributed by atoms with Crippen molar-refractivity contribution in [3.63, 3.8) is 0 Å². The fourth-order valence-electron chi connectivity index (χ4n) is 5.44. The third-order valence-electron chi connectivity index (χ3n) is 7.54. The molecular weight excluding hydrogens is 424 g/mol. The van der Waals surface area contributed by atoms with Gasteiger partial charge in [0.15, 0.2) is 0 Å². The molecule has 1 aromatic heterocycles. The van der Waals surface area contributed by atoms with Gasteiger partial charge in [0, 0.05) is 31.1 Å². The quantitative estimate of drug-likeness (QED) is 0.545. The third-order valence-corrected chi connectivity index (χ3v) is 7.54. The first-order chi connectivity index (χ1) is 16.5. The molecule has 6 heteroatoms. The number of nitrogens with zero attached hydrogens (tertiary/aromatic N) is 3. The van der Waals surface area contributed by atoms with Crippen LogP contribution in [0.2, 0.25) is 0 Å². The zero-order valence-electron chi connectivity index (χ0n) is 21.3. The first-order valence-electron chi connectivity index (χ1n) is 13.3. The van der Waals surface area contributed by atoms with Gasteiger partial charge in [-0.05, 0) is 89.2 Å². The lowest BCUT2D eigenvalue weighted by molar-refractivity contribution is -0.126. The number of aryl methyl sites for hydroxylation is 2. The molecule has 3 heterocycles. The van der Waals surface area contributed by atoms with E-state index in [1.54, 1.807) is 0 Å². The minimum Gasteiger partial charge on any atom is -0.441 e. The Morgan fingerprint density at radius 1 is 1.15 bits per heavy atom. The Morgan fingerprint density at radius 3 is 2.71 bits per heavy atom. The number of amides is 1. The summed E-state index contributed by atoms with van der Waals surface area (Å²) in [6.07, 6.45) is 6.51. The van der Waals surface area contributed by atoms with Crippen molar-refractivity contribution >= 4 is 5.91 Å². The molecule has 0 unspecified atom stereocenters. The van der Waals surface area contributed by atoms with Gasteiger partial charge >= 0.3 is 0 Å². The molecule has 4 rings (SSSR count). The fourth-order valence-corrected chi connectivity index (χ4v) is 5.44. The summed E-state index contributed by atoms with van der Waals surface area (Å²) in [6, 6.07) is 8.33. The predicted molar refractivity (Wildman–Crippen MR) is 137 cm³/mol. The summed E-state index contributed by atoms with van der Waals surface area (Å²) < 4.78 is 6.04. The van der Waals surface area contributed by atoms with Crippen LogP contribution >= 0.6 is 0 Å². The Hall–Kier alpha value is -2.18. The van der Waals surface area contributed by atoms with Gasteiger partial charge in [-0.2, -0.15) is 0 Å². The maximum absolute atomic E-state index is 12.7. The summed E-state index contributed by atoms with van der Waals surface area (Å²) in [5.41, 5.74) is 3.35. The van der Waals surface area contributed by atoms with Crippen molar-refractivity contribution in [1.82, 2.24) is 20.1 Å². The number of rotatable bonds is 9. The number of piperidine rings is 2. The van der Waals surface area contributed by atoms with Gasteiger partial charge in [-0.3, -0.25) is 9.69 Å². The first-order valence-corrected chi connectivity index (χ1v) is 13.3. The van der Waals surface area contributed by atoms with E-state index in [4.69, 9.17) is 9.40 Å². The highest BCUT2D eigenvalue weighted by Gasteiger charge is 2.26. The molecule has 0 saturated carbocycles. The molecule has 0 aliphatic carbocycles. The average molecular weight is 467 g/mol. The van der Waals surface area contributed by atoms with Crippen molar-refractivity contribution in [3.8, 4) is 11.5 Å². The van der Waals surface area contributed by atoms with E-state index in [9.17, 15) is 4.79 Å². The Labute approximate surface area is 205 Å². The SMILES string of the molecule is CCc1ccccc1-c1nc(CN2CCC(C(=O)NCCCN3CCC[C@@H](C)C3)CC2)c(C)o1. The number of benzene rings is 1. The predicted octanol–water partition coefficient (Wildman–Crippen LogP) is 4.66. The number of oxazole rings is 1. The highest BCUT2D eigenvalue weighted by atomic mass is 16.4. The van der Waals surface area contributed by atoms with Gasteiger partial charge in [0.25, 0.3) is 0 Å². The molecule has 2 aromatic rings. The number of hydrogen-bond donors (Lipinski definition) is 1. The van der Waals surface area contributed by atoms with E-state index in [1.807, 2.05) is 13.0 Å². The van der Waals surface area contributed by atoms with Gasteiger partial charge in [0.05, 0.1) is 5.69 Å². The van der Waals surface area contributed by atoms with Crippen LogP contribution in [0.1, 0.15) is 63.0 Å². The molecule has 1 atom stereocenters. The minimum atomic E-state index is 0.136. The summed E-state index contributed by atoms with van der Waals surface area (Å²) in [6.45, 7) is 13.5. The van der Waals surface area contributed by atoms with Crippen LogP contribution in [0, 0.1) is 18.8 Å². The topological polar surface area (TPSA) is 61.6 Å². The fraction of sp³-hybridized carbons (Fsp3) is 0.643. The number of nitrogens with one attached hydrogen (secondary N) is 1. The molecule has 34 heavy (non-hydrogen) atoms. The summed E-state index contributed by atoms with van der Waals surface area (Å²) in [5, 5.41) is 3.20. The van der Waals surface area contributed by atoms with E-state index in [0.717, 1.165) is 87.2 Å². The molecule has 6 nitrogen and oxygen atoms in total. The lowest BCUT2D eigenvalue weighted by atomic mass is 9.95. The van der Waals surface area contributed by atoms with Crippen LogP contribution in [0.25, 0.3) is 11.5 Å². The lowest BCUT2D eigenvalue weighted by Crippen LogP contribution is -2.41. The monoisotopic (exact) mass is 466 g/mol. The Kier molecular flexibility index (Phi) is 8.79. The normalized spacial score (nSPS) is 20.5. The maximum Gasteiger partial charge on any atom is 0.226 e. The van der Waals surface area contributed by atoms with Crippen molar-refractivity contribution in [2.45, 2.75) is 65.8 Å². The van der Waals surface area contributed by atoms with Gasteiger partial charge in [-0.15, -0.1) is 0 Å². The molecule has 186 valence electrons. The highest BCUT2D eigenvalue weighted by Crippen LogP contribution is 2.27. The van der Waals surface area contributed by atoms with Crippen molar-refractivity contribution in [1.29, 1.82) is 0 Å². The molecule has 2 aliphatic rings. The van der Waals surface area contributed by atoms with E-state index in [0.29, 0.717) is 0 Å². The van der Waals surface area contributed by atoms with Crippen molar-refractivity contribution in [2.24, 2.45) is 11.8 Å². The van der Waals surface area contributed by atoms with Crippen molar-refractivity contribution in [2.75, 3.05) is 39.3 Å². The van der Waals surface area contributed by atoms with Crippen LogP contribution in [-0.4, -0.2) is 60.0 Å². The second-order valence-electron chi connectivity index (χ2n) is 10.3. The largest absolute Gasteiger partial charge is 0.441 e. The standard InChI is InChI=1S/C28H42N4O2/c1-4-23-10-5-6-11-25(23)28-30-26(22(3)34-28)20-32-17-12-24(13-18-32)27(33)29-14-8-16-31-15-7-9-21(2)19-31/h5-6,10-11,21,24H,4,7-9,12-20H2,1-3H3,(H,29,33)/t21-/m1/s1. The Balaban J connectivity index is 1.20. The third kappa shape index (κ3) is 6.48. The van der Waals surface area contributed by atoms with Crippen LogP contribution in [0.3, 0.4) is 0 Å². The molecule has 2 saturated heterocycles. The van der Waals surface area contributed by atoms with Crippen LogP contribution in [0.15, 0.2) is 28.7 Å². The second kappa shape index (κ2) is 12.0. The molecule has 0 radical (unpaired) electrons. The molecule has 1 N–H and O–H groups in total.